The molecule has 3 rings (SSSR count). The predicted molar refractivity (Wildman–Crippen MR) is 90.8 cm³/mol. The fourth-order valence-electron chi connectivity index (χ4n) is 2.67. The number of nitriles is 1. The van der Waals surface area contributed by atoms with Crippen molar-refractivity contribution < 1.29 is 4.79 Å². The highest BCUT2D eigenvalue weighted by Gasteiger charge is 2.35. The molecule has 1 aromatic heterocycles. The Hall–Kier alpha value is -3.27. The minimum atomic E-state index is -0.637. The normalized spacial score (nSPS) is 16.0. The summed E-state index contributed by atoms with van der Waals surface area (Å²) in [5.41, 5.74) is 8.88. The molecular weight excluding hydrogens is 304 g/mol. The summed E-state index contributed by atoms with van der Waals surface area (Å²) >= 11 is 0. The molecule has 7 nitrogen and oxygen atoms in total. The van der Waals surface area contributed by atoms with Crippen molar-refractivity contribution >= 4 is 23.6 Å². The van der Waals surface area contributed by atoms with Gasteiger partial charge in [-0.2, -0.15) is 5.26 Å². The van der Waals surface area contributed by atoms with Gasteiger partial charge in [0.15, 0.2) is 0 Å². The number of nitrogens with zero attached hydrogens (tertiary/aromatic N) is 4. The molecule has 2 heterocycles. The zero-order valence-corrected chi connectivity index (χ0v) is 13.2. The summed E-state index contributed by atoms with van der Waals surface area (Å²) in [4.78, 5) is 25.1. The van der Waals surface area contributed by atoms with Gasteiger partial charge in [0.1, 0.15) is 18.1 Å². The molecule has 1 aliphatic rings. The SMILES string of the molecule is CCCN=Cc1c(N)ncnc1C1C(=O)Nc2ccc(C#N)cc21. The number of hydrogen-bond donors (Lipinski definition) is 2. The van der Waals surface area contributed by atoms with Crippen LogP contribution in [0.15, 0.2) is 29.5 Å². The molecule has 120 valence electrons. The third-order valence-corrected chi connectivity index (χ3v) is 3.80. The first-order valence-electron chi connectivity index (χ1n) is 7.60. The van der Waals surface area contributed by atoms with Crippen molar-refractivity contribution in [2.45, 2.75) is 19.3 Å². The molecule has 0 spiro atoms. The number of aromatic nitrogens is 2. The number of benzene rings is 1. The lowest BCUT2D eigenvalue weighted by molar-refractivity contribution is -0.116. The molecule has 0 bridgehead atoms. The van der Waals surface area contributed by atoms with E-state index in [1.165, 1.54) is 6.33 Å². The van der Waals surface area contributed by atoms with E-state index in [4.69, 9.17) is 11.0 Å². The number of nitrogens with two attached hydrogens (primary N) is 1. The van der Waals surface area contributed by atoms with E-state index in [0.717, 1.165) is 6.42 Å². The van der Waals surface area contributed by atoms with Gasteiger partial charge in [0.2, 0.25) is 5.91 Å². The Morgan fingerprint density at radius 3 is 3.04 bits per heavy atom. The fraction of sp³-hybridized carbons (Fsp3) is 0.235. The summed E-state index contributed by atoms with van der Waals surface area (Å²) in [6.45, 7) is 2.67. The van der Waals surface area contributed by atoms with Gasteiger partial charge in [-0.25, -0.2) is 9.97 Å². The molecule has 0 fully saturated rings. The van der Waals surface area contributed by atoms with Crippen molar-refractivity contribution in [1.29, 1.82) is 5.26 Å². The molecule has 1 amide bonds. The third kappa shape index (κ3) is 2.70. The minimum Gasteiger partial charge on any atom is -0.383 e. The number of amides is 1. The fourth-order valence-corrected chi connectivity index (χ4v) is 2.67. The second-order valence-electron chi connectivity index (χ2n) is 5.43. The van der Waals surface area contributed by atoms with Gasteiger partial charge >= 0.3 is 0 Å². The molecule has 1 atom stereocenters. The molecule has 1 aromatic carbocycles. The molecule has 0 radical (unpaired) electrons. The topological polar surface area (TPSA) is 117 Å². The van der Waals surface area contributed by atoms with Gasteiger partial charge in [0.25, 0.3) is 0 Å². The summed E-state index contributed by atoms with van der Waals surface area (Å²) < 4.78 is 0. The standard InChI is InChI=1S/C17H16N6O/c1-2-5-20-8-12-15(21-9-22-16(12)19)14-11-6-10(7-18)3-4-13(11)23-17(14)24/h3-4,6,8-9,14H,2,5H2,1H3,(H,23,24)(H2,19,21,22). The van der Waals surface area contributed by atoms with Crippen molar-refractivity contribution in [2.24, 2.45) is 4.99 Å². The second kappa shape index (κ2) is 6.46. The Balaban J connectivity index is 2.12. The van der Waals surface area contributed by atoms with Crippen molar-refractivity contribution in [3.05, 3.63) is 46.9 Å². The first-order chi connectivity index (χ1) is 11.7. The third-order valence-electron chi connectivity index (χ3n) is 3.80. The van der Waals surface area contributed by atoms with Gasteiger partial charge in [-0.05, 0) is 30.2 Å². The maximum atomic E-state index is 12.5. The number of carbonyl (C=O) groups excluding carboxylic acids is 1. The van der Waals surface area contributed by atoms with E-state index < -0.39 is 5.92 Å². The van der Waals surface area contributed by atoms with Gasteiger partial charge in [-0.3, -0.25) is 9.79 Å². The number of fused-ring (bicyclic) bond motifs is 1. The van der Waals surface area contributed by atoms with E-state index in [9.17, 15) is 4.79 Å². The maximum Gasteiger partial charge on any atom is 0.238 e. The van der Waals surface area contributed by atoms with Gasteiger partial charge in [0.05, 0.1) is 22.9 Å². The van der Waals surface area contributed by atoms with Gasteiger partial charge in [0, 0.05) is 18.4 Å². The van der Waals surface area contributed by atoms with Crippen molar-refractivity contribution in [1.82, 2.24) is 9.97 Å². The van der Waals surface area contributed by atoms with E-state index in [0.29, 0.717) is 34.6 Å². The Bertz CT molecular complexity index is 868. The molecule has 7 heteroatoms. The summed E-state index contributed by atoms with van der Waals surface area (Å²) in [6.07, 6.45) is 3.85. The molecule has 2 aromatic rings. The molecular formula is C17H16N6O. The first kappa shape index (κ1) is 15.6. The number of rotatable bonds is 4. The summed E-state index contributed by atoms with van der Waals surface area (Å²) in [5.74, 6) is -0.567. The molecule has 0 aliphatic carbocycles. The number of carbonyl (C=O) groups is 1. The van der Waals surface area contributed by atoms with Crippen LogP contribution in [-0.2, 0) is 4.79 Å². The zero-order valence-electron chi connectivity index (χ0n) is 13.2. The summed E-state index contributed by atoms with van der Waals surface area (Å²) in [5, 5.41) is 11.9. The number of nitrogens with one attached hydrogen (secondary N) is 1. The molecule has 0 saturated carbocycles. The number of hydrogen-bond acceptors (Lipinski definition) is 6. The van der Waals surface area contributed by atoms with E-state index in [1.807, 2.05) is 6.92 Å². The smallest absolute Gasteiger partial charge is 0.238 e. The highest BCUT2D eigenvalue weighted by Crippen LogP contribution is 2.38. The highest BCUT2D eigenvalue weighted by atomic mass is 16.2. The monoisotopic (exact) mass is 320 g/mol. The zero-order chi connectivity index (χ0) is 17.1. The lowest BCUT2D eigenvalue weighted by Gasteiger charge is -2.12. The Labute approximate surface area is 139 Å². The predicted octanol–water partition coefficient (Wildman–Crippen LogP) is 1.84. The minimum absolute atomic E-state index is 0.205. The van der Waals surface area contributed by atoms with Crippen LogP contribution >= 0.6 is 0 Å². The van der Waals surface area contributed by atoms with E-state index in [-0.39, 0.29) is 11.7 Å². The van der Waals surface area contributed by atoms with Crippen LogP contribution in [0.25, 0.3) is 0 Å². The van der Waals surface area contributed by atoms with Crippen LogP contribution in [0.3, 0.4) is 0 Å². The maximum absolute atomic E-state index is 12.5. The van der Waals surface area contributed by atoms with Gasteiger partial charge in [-0.15, -0.1) is 0 Å². The number of anilines is 2. The quantitative estimate of drug-likeness (QED) is 0.834. The highest BCUT2D eigenvalue weighted by molar-refractivity contribution is 6.06. The average Bonchev–Trinajstić information content (AvgIpc) is 2.91. The Morgan fingerprint density at radius 2 is 2.29 bits per heavy atom. The van der Waals surface area contributed by atoms with Crippen LogP contribution in [0.1, 0.15) is 41.6 Å². The van der Waals surface area contributed by atoms with Gasteiger partial charge < -0.3 is 11.1 Å². The Kier molecular flexibility index (Phi) is 4.20. The second-order valence-corrected chi connectivity index (χ2v) is 5.43. The van der Waals surface area contributed by atoms with Crippen LogP contribution < -0.4 is 11.1 Å². The lowest BCUT2D eigenvalue weighted by Crippen LogP contribution is -2.18. The van der Waals surface area contributed by atoms with Crippen LogP contribution in [0.2, 0.25) is 0 Å². The van der Waals surface area contributed by atoms with Crippen molar-refractivity contribution in [2.75, 3.05) is 17.6 Å². The summed E-state index contributed by atoms with van der Waals surface area (Å²) in [7, 11) is 0. The molecule has 0 saturated heterocycles. The van der Waals surface area contributed by atoms with Crippen LogP contribution in [0.4, 0.5) is 11.5 Å². The van der Waals surface area contributed by atoms with Gasteiger partial charge in [-0.1, -0.05) is 6.92 Å². The van der Waals surface area contributed by atoms with E-state index >= 15 is 0 Å². The molecule has 1 unspecified atom stereocenters. The van der Waals surface area contributed by atoms with Crippen molar-refractivity contribution in [3.63, 3.8) is 0 Å². The van der Waals surface area contributed by atoms with Crippen molar-refractivity contribution in [3.8, 4) is 6.07 Å². The Morgan fingerprint density at radius 1 is 1.46 bits per heavy atom. The molecule has 3 N–H and O–H groups in total. The molecule has 1 aliphatic heterocycles. The summed E-state index contributed by atoms with van der Waals surface area (Å²) in [6, 6.07) is 7.18. The van der Waals surface area contributed by atoms with Crippen LogP contribution in [-0.4, -0.2) is 28.6 Å². The van der Waals surface area contributed by atoms with Crippen LogP contribution in [0, 0.1) is 11.3 Å². The van der Waals surface area contributed by atoms with E-state index in [2.05, 4.69) is 26.3 Å². The van der Waals surface area contributed by atoms with E-state index in [1.54, 1.807) is 24.4 Å². The van der Waals surface area contributed by atoms with Crippen LogP contribution in [0.5, 0.6) is 0 Å². The molecule has 24 heavy (non-hydrogen) atoms. The number of aliphatic imine (C=N–C) groups is 1. The largest absolute Gasteiger partial charge is 0.383 e. The average molecular weight is 320 g/mol. The first-order valence-corrected chi connectivity index (χ1v) is 7.60. The number of nitrogen functional groups attached to an aromatic ring is 1. The lowest BCUT2D eigenvalue weighted by atomic mass is 9.93.